The Morgan fingerprint density at radius 2 is 1.62 bits per heavy atom. The number of carbonyl (C=O) groups excluding carboxylic acids is 4. The summed E-state index contributed by atoms with van der Waals surface area (Å²) >= 11 is 0. The molecule has 29 heavy (non-hydrogen) atoms. The molecule has 1 aromatic carbocycles. The second-order valence-electron chi connectivity index (χ2n) is 8.26. The number of carbonyl (C=O) groups is 4. The Bertz CT molecular complexity index is 698. The molecule has 0 fully saturated rings. The van der Waals surface area contributed by atoms with E-state index in [0.717, 1.165) is 12.8 Å². The van der Waals surface area contributed by atoms with Gasteiger partial charge in [0.25, 0.3) is 5.91 Å². The van der Waals surface area contributed by atoms with Crippen LogP contribution in [0, 0.1) is 5.41 Å². The van der Waals surface area contributed by atoms with Crippen LogP contribution in [0.3, 0.4) is 0 Å². The third-order valence-electron chi connectivity index (χ3n) is 4.55. The molecule has 3 atom stereocenters. The number of aldehydes is 1. The molecule has 160 valence electrons. The summed E-state index contributed by atoms with van der Waals surface area (Å²) < 4.78 is 0. The minimum atomic E-state index is -0.843. The van der Waals surface area contributed by atoms with E-state index in [2.05, 4.69) is 16.0 Å². The Kier molecular flexibility index (Phi) is 9.51. The highest BCUT2D eigenvalue weighted by Gasteiger charge is 2.34. The van der Waals surface area contributed by atoms with Crippen LogP contribution < -0.4 is 16.0 Å². The highest BCUT2D eigenvalue weighted by atomic mass is 16.2. The van der Waals surface area contributed by atoms with E-state index in [1.807, 2.05) is 27.7 Å². The van der Waals surface area contributed by atoms with Crippen LogP contribution >= 0.6 is 0 Å². The van der Waals surface area contributed by atoms with Crippen molar-refractivity contribution in [1.29, 1.82) is 0 Å². The number of amides is 3. The van der Waals surface area contributed by atoms with Gasteiger partial charge in [-0.25, -0.2) is 0 Å². The first-order chi connectivity index (χ1) is 13.6. The van der Waals surface area contributed by atoms with Crippen molar-refractivity contribution >= 4 is 24.0 Å². The van der Waals surface area contributed by atoms with Crippen molar-refractivity contribution in [1.82, 2.24) is 16.0 Å². The van der Waals surface area contributed by atoms with Crippen molar-refractivity contribution in [3.63, 3.8) is 0 Å². The van der Waals surface area contributed by atoms with Crippen LogP contribution in [0.5, 0.6) is 0 Å². The first-order valence-electron chi connectivity index (χ1n) is 10.0. The minimum absolute atomic E-state index is 0.363. The zero-order valence-electron chi connectivity index (χ0n) is 18.0. The molecule has 0 aromatic heterocycles. The second kappa shape index (κ2) is 11.3. The Labute approximate surface area is 173 Å². The third-order valence-corrected chi connectivity index (χ3v) is 4.55. The largest absolute Gasteiger partial charge is 0.345 e. The quantitative estimate of drug-likeness (QED) is 0.521. The molecule has 0 aliphatic rings. The van der Waals surface area contributed by atoms with E-state index in [1.165, 1.54) is 0 Å². The zero-order chi connectivity index (χ0) is 22.0. The van der Waals surface area contributed by atoms with Crippen LogP contribution in [0.1, 0.15) is 64.2 Å². The molecule has 0 heterocycles. The van der Waals surface area contributed by atoms with Crippen LogP contribution in [-0.2, 0) is 14.4 Å². The van der Waals surface area contributed by atoms with E-state index in [4.69, 9.17) is 0 Å². The van der Waals surface area contributed by atoms with Gasteiger partial charge in [-0.2, -0.15) is 0 Å². The van der Waals surface area contributed by atoms with Crippen molar-refractivity contribution in [2.75, 3.05) is 0 Å². The molecule has 0 spiro atoms. The number of unbranched alkanes of at least 4 members (excludes halogenated alkanes) is 1. The third kappa shape index (κ3) is 8.05. The van der Waals surface area contributed by atoms with Gasteiger partial charge in [0.15, 0.2) is 0 Å². The highest BCUT2D eigenvalue weighted by molar-refractivity contribution is 5.98. The first kappa shape index (κ1) is 24.3. The lowest BCUT2D eigenvalue weighted by molar-refractivity contribution is -0.131. The summed E-state index contributed by atoms with van der Waals surface area (Å²) in [5, 5.41) is 8.05. The number of hydrogen-bond acceptors (Lipinski definition) is 4. The maximum Gasteiger partial charge on any atom is 0.251 e. The molecule has 1 aromatic rings. The van der Waals surface area contributed by atoms with Gasteiger partial charge < -0.3 is 20.7 Å². The predicted molar refractivity (Wildman–Crippen MR) is 112 cm³/mol. The number of rotatable bonds is 10. The van der Waals surface area contributed by atoms with Crippen molar-refractivity contribution in [3.05, 3.63) is 35.9 Å². The highest BCUT2D eigenvalue weighted by Crippen LogP contribution is 2.20. The van der Waals surface area contributed by atoms with Crippen LogP contribution in [0.15, 0.2) is 30.3 Å². The standard InChI is InChI=1S/C22H33N3O4/c1-6-7-13-17(14-26)24-19(27)15(2)23-21(29)18(22(3,4)5)25-20(28)16-11-9-8-10-12-16/h8-12,14-15,17-18H,6-7,13H2,1-5H3,(H,23,29)(H,24,27)(H,25,28)/t15-,17-,18+/m0/s1. The average molecular weight is 404 g/mol. The van der Waals surface area contributed by atoms with Crippen molar-refractivity contribution in [2.24, 2.45) is 5.41 Å². The molecule has 0 aliphatic heterocycles. The summed E-state index contributed by atoms with van der Waals surface area (Å²) in [5.41, 5.74) is -0.123. The Hall–Kier alpha value is -2.70. The van der Waals surface area contributed by atoms with E-state index < -0.39 is 35.4 Å². The monoisotopic (exact) mass is 403 g/mol. The van der Waals surface area contributed by atoms with Gasteiger partial charge in [-0.3, -0.25) is 14.4 Å². The van der Waals surface area contributed by atoms with E-state index in [9.17, 15) is 19.2 Å². The van der Waals surface area contributed by atoms with Crippen LogP contribution in [0.25, 0.3) is 0 Å². The normalized spacial score (nSPS) is 14.2. The molecule has 0 saturated heterocycles. The fourth-order valence-electron chi connectivity index (χ4n) is 2.75. The molecule has 0 saturated carbocycles. The molecule has 0 bridgehead atoms. The summed E-state index contributed by atoms with van der Waals surface area (Å²) in [6, 6.07) is 6.37. The van der Waals surface area contributed by atoms with E-state index in [1.54, 1.807) is 37.3 Å². The summed E-state index contributed by atoms with van der Waals surface area (Å²) in [5.74, 6) is -1.26. The van der Waals surface area contributed by atoms with Gasteiger partial charge in [-0.1, -0.05) is 58.7 Å². The Balaban J connectivity index is 2.78. The molecular formula is C22H33N3O4. The van der Waals surface area contributed by atoms with Gasteiger partial charge >= 0.3 is 0 Å². The summed E-state index contributed by atoms with van der Waals surface area (Å²) in [7, 11) is 0. The lowest BCUT2D eigenvalue weighted by Gasteiger charge is -2.31. The topological polar surface area (TPSA) is 104 Å². The molecule has 1 rings (SSSR count). The molecule has 3 N–H and O–H groups in total. The van der Waals surface area contributed by atoms with Crippen molar-refractivity contribution < 1.29 is 19.2 Å². The smallest absolute Gasteiger partial charge is 0.251 e. The molecule has 3 amide bonds. The fraction of sp³-hybridized carbons (Fsp3) is 0.545. The van der Waals surface area contributed by atoms with E-state index in [-0.39, 0.29) is 5.91 Å². The summed E-state index contributed by atoms with van der Waals surface area (Å²) in [6.07, 6.45) is 3.01. The van der Waals surface area contributed by atoms with Crippen LogP contribution in [0.4, 0.5) is 0 Å². The maximum absolute atomic E-state index is 12.8. The Morgan fingerprint density at radius 3 is 2.14 bits per heavy atom. The van der Waals surface area contributed by atoms with Gasteiger partial charge in [-0.15, -0.1) is 0 Å². The fourth-order valence-corrected chi connectivity index (χ4v) is 2.75. The van der Waals surface area contributed by atoms with Gasteiger partial charge in [0.2, 0.25) is 11.8 Å². The van der Waals surface area contributed by atoms with Gasteiger partial charge in [0, 0.05) is 5.56 Å². The summed E-state index contributed by atoms with van der Waals surface area (Å²) in [4.78, 5) is 48.8. The van der Waals surface area contributed by atoms with Crippen LogP contribution in [0.2, 0.25) is 0 Å². The Morgan fingerprint density at radius 1 is 1.00 bits per heavy atom. The molecule has 0 aliphatic carbocycles. The number of benzene rings is 1. The average Bonchev–Trinajstić information content (AvgIpc) is 2.68. The van der Waals surface area contributed by atoms with Gasteiger partial charge in [0.05, 0.1) is 6.04 Å². The van der Waals surface area contributed by atoms with E-state index in [0.29, 0.717) is 18.3 Å². The van der Waals surface area contributed by atoms with Crippen LogP contribution in [-0.4, -0.2) is 42.1 Å². The predicted octanol–water partition coefficient (Wildman–Crippen LogP) is 2.21. The number of hydrogen-bond donors (Lipinski definition) is 3. The lowest BCUT2D eigenvalue weighted by Crippen LogP contribution is -2.57. The van der Waals surface area contributed by atoms with E-state index >= 15 is 0 Å². The zero-order valence-corrected chi connectivity index (χ0v) is 18.0. The molecule has 0 unspecified atom stereocenters. The first-order valence-corrected chi connectivity index (χ1v) is 10.0. The van der Waals surface area contributed by atoms with Gasteiger partial charge in [-0.05, 0) is 30.9 Å². The summed E-state index contributed by atoms with van der Waals surface area (Å²) in [6.45, 7) is 9.05. The maximum atomic E-state index is 12.8. The van der Waals surface area contributed by atoms with Crippen molar-refractivity contribution in [3.8, 4) is 0 Å². The van der Waals surface area contributed by atoms with Gasteiger partial charge in [0.1, 0.15) is 18.4 Å². The lowest BCUT2D eigenvalue weighted by atomic mass is 9.85. The molecule has 7 heteroatoms. The molecule has 0 radical (unpaired) electrons. The second-order valence-corrected chi connectivity index (χ2v) is 8.26. The molecule has 7 nitrogen and oxygen atoms in total. The van der Waals surface area contributed by atoms with Crippen molar-refractivity contribution in [2.45, 2.75) is 72.0 Å². The minimum Gasteiger partial charge on any atom is -0.345 e. The number of nitrogens with one attached hydrogen (secondary N) is 3. The molecular weight excluding hydrogens is 370 g/mol. The SMILES string of the molecule is CCCC[C@@H](C=O)NC(=O)[C@H](C)NC(=O)[C@@H](NC(=O)c1ccccc1)C(C)(C)C.